The smallest absolute Gasteiger partial charge is 1.00 e. The van der Waals surface area contributed by atoms with Gasteiger partial charge in [-0.05, 0) is 34.4 Å². The maximum Gasteiger partial charge on any atom is 1.00 e. The Morgan fingerprint density at radius 2 is 1.38 bits per heavy atom. The molecular formula is C14H11NaO. The third kappa shape index (κ3) is 1.82. The normalized spacial score (nSPS) is 10.2. The molecule has 0 heterocycles. The molecule has 3 aromatic rings. The van der Waals surface area contributed by atoms with Crippen LogP contribution in [0.15, 0.2) is 54.6 Å². The monoisotopic (exact) mass is 218 g/mol. The van der Waals surface area contributed by atoms with Crippen molar-refractivity contribution in [1.82, 2.24) is 0 Å². The molecule has 16 heavy (non-hydrogen) atoms. The Bertz CT molecular complexity index is 652. The fraction of sp³-hybridized carbons (Fsp3) is 0. The van der Waals surface area contributed by atoms with E-state index >= 15 is 0 Å². The topological polar surface area (TPSA) is 20.2 Å². The molecule has 0 fully saturated rings. The van der Waals surface area contributed by atoms with Crippen molar-refractivity contribution in [2.24, 2.45) is 0 Å². The van der Waals surface area contributed by atoms with Gasteiger partial charge in [-0.2, -0.15) is 0 Å². The van der Waals surface area contributed by atoms with Gasteiger partial charge in [0.1, 0.15) is 5.75 Å². The summed E-state index contributed by atoms with van der Waals surface area (Å²) in [5, 5.41) is 14.1. The molecule has 0 aliphatic rings. The first kappa shape index (κ1) is 11.5. The van der Waals surface area contributed by atoms with Crippen molar-refractivity contribution in [3.8, 4) is 5.75 Å². The second kappa shape index (κ2) is 4.46. The van der Waals surface area contributed by atoms with Crippen molar-refractivity contribution in [2.45, 2.75) is 0 Å². The van der Waals surface area contributed by atoms with E-state index in [-0.39, 0.29) is 31.0 Å². The van der Waals surface area contributed by atoms with Crippen molar-refractivity contribution in [3.63, 3.8) is 0 Å². The summed E-state index contributed by atoms with van der Waals surface area (Å²) in [7, 11) is 0. The second-order valence-corrected chi connectivity index (χ2v) is 3.70. The first-order valence-electron chi connectivity index (χ1n) is 4.95. The second-order valence-electron chi connectivity index (χ2n) is 3.70. The fourth-order valence-electron chi connectivity index (χ4n) is 1.95. The molecule has 0 bridgehead atoms. The van der Waals surface area contributed by atoms with E-state index < -0.39 is 0 Å². The van der Waals surface area contributed by atoms with Crippen molar-refractivity contribution in [2.75, 3.05) is 0 Å². The minimum Gasteiger partial charge on any atom is -1.00 e. The number of benzene rings is 3. The van der Waals surface area contributed by atoms with E-state index in [1.807, 2.05) is 30.3 Å². The van der Waals surface area contributed by atoms with Crippen LogP contribution >= 0.6 is 0 Å². The number of phenols is 1. The van der Waals surface area contributed by atoms with Crippen LogP contribution in [-0.4, -0.2) is 5.11 Å². The molecule has 0 aromatic heterocycles. The molecule has 0 spiro atoms. The summed E-state index contributed by atoms with van der Waals surface area (Å²) in [6.07, 6.45) is 0. The van der Waals surface area contributed by atoms with Crippen LogP contribution in [0.2, 0.25) is 0 Å². The molecule has 2 heteroatoms. The minimum absolute atomic E-state index is 0. The Hall–Kier alpha value is -1.02. The summed E-state index contributed by atoms with van der Waals surface area (Å²) in [6, 6.07) is 17.9. The number of aromatic hydroxyl groups is 1. The van der Waals surface area contributed by atoms with Crippen molar-refractivity contribution in [3.05, 3.63) is 54.6 Å². The van der Waals surface area contributed by atoms with Crippen molar-refractivity contribution in [1.29, 1.82) is 0 Å². The van der Waals surface area contributed by atoms with Gasteiger partial charge < -0.3 is 6.53 Å². The van der Waals surface area contributed by atoms with E-state index in [0.29, 0.717) is 5.75 Å². The Morgan fingerprint density at radius 3 is 2.12 bits per heavy atom. The Kier molecular flexibility index (Phi) is 3.20. The molecule has 0 radical (unpaired) electrons. The standard InChI is InChI=1S/C14H10O.Na.H/c15-14-7-3-6-12-8-10-4-1-2-5-11(10)9-13(12)14;;/h1-9,15H;;/q;+1;-1. The van der Waals surface area contributed by atoms with Gasteiger partial charge in [0.15, 0.2) is 0 Å². The summed E-state index contributed by atoms with van der Waals surface area (Å²) in [5.41, 5.74) is 0. The molecule has 0 saturated heterocycles. The summed E-state index contributed by atoms with van der Waals surface area (Å²) in [6.45, 7) is 0. The molecule has 74 valence electrons. The Balaban J connectivity index is 0.000000722. The summed E-state index contributed by atoms with van der Waals surface area (Å²) in [4.78, 5) is 0. The maximum atomic E-state index is 9.73. The van der Waals surface area contributed by atoms with E-state index in [1.165, 1.54) is 5.39 Å². The van der Waals surface area contributed by atoms with Crippen LogP contribution in [0.5, 0.6) is 5.75 Å². The van der Waals surface area contributed by atoms with Crippen LogP contribution in [0, 0.1) is 0 Å². The molecule has 0 atom stereocenters. The fourth-order valence-corrected chi connectivity index (χ4v) is 1.95. The van der Waals surface area contributed by atoms with E-state index in [2.05, 4.69) is 18.2 Å². The van der Waals surface area contributed by atoms with Crippen molar-refractivity contribution < 1.29 is 36.1 Å². The number of fused-ring (bicyclic) bond motifs is 2. The predicted octanol–water partition coefficient (Wildman–Crippen LogP) is 0.815. The zero-order valence-electron chi connectivity index (χ0n) is 10.1. The third-order valence-electron chi connectivity index (χ3n) is 2.72. The van der Waals surface area contributed by atoms with Crippen LogP contribution in [0.1, 0.15) is 1.43 Å². The van der Waals surface area contributed by atoms with E-state index in [0.717, 1.165) is 16.2 Å². The van der Waals surface area contributed by atoms with Gasteiger partial charge >= 0.3 is 29.6 Å². The number of phenolic OH excluding ortho intramolecular Hbond substituents is 1. The quantitative estimate of drug-likeness (QED) is 0.437. The molecule has 0 unspecified atom stereocenters. The summed E-state index contributed by atoms with van der Waals surface area (Å²) in [5.74, 6) is 0.346. The van der Waals surface area contributed by atoms with Gasteiger partial charge in [0.05, 0.1) is 0 Å². The van der Waals surface area contributed by atoms with Crippen LogP contribution in [0.4, 0.5) is 0 Å². The van der Waals surface area contributed by atoms with E-state index in [4.69, 9.17) is 0 Å². The maximum absolute atomic E-state index is 9.73. The number of hydrogen-bond acceptors (Lipinski definition) is 1. The first-order valence-corrected chi connectivity index (χ1v) is 4.95. The molecule has 3 aromatic carbocycles. The predicted molar refractivity (Wildman–Crippen MR) is 64.2 cm³/mol. The van der Waals surface area contributed by atoms with Crippen LogP contribution in [-0.2, 0) is 0 Å². The van der Waals surface area contributed by atoms with Crippen LogP contribution in [0.3, 0.4) is 0 Å². The van der Waals surface area contributed by atoms with E-state index in [1.54, 1.807) is 6.07 Å². The minimum atomic E-state index is 0. The Morgan fingerprint density at radius 1 is 0.750 bits per heavy atom. The van der Waals surface area contributed by atoms with Gasteiger partial charge in [-0.1, -0.05) is 36.4 Å². The van der Waals surface area contributed by atoms with Gasteiger partial charge in [-0.25, -0.2) is 0 Å². The zero-order chi connectivity index (χ0) is 10.3. The molecule has 1 nitrogen and oxygen atoms in total. The first-order chi connectivity index (χ1) is 7.34. The molecule has 0 aliphatic heterocycles. The zero-order valence-corrected chi connectivity index (χ0v) is 11.1. The number of rotatable bonds is 0. The molecule has 0 amide bonds. The molecule has 0 aliphatic carbocycles. The van der Waals surface area contributed by atoms with Crippen LogP contribution < -0.4 is 29.6 Å². The van der Waals surface area contributed by atoms with Gasteiger partial charge in [-0.3, -0.25) is 0 Å². The van der Waals surface area contributed by atoms with Crippen molar-refractivity contribution >= 4 is 21.5 Å². The van der Waals surface area contributed by atoms with Gasteiger partial charge in [0.25, 0.3) is 0 Å². The number of hydrogen-bond donors (Lipinski definition) is 1. The average Bonchev–Trinajstić information content (AvgIpc) is 2.27. The SMILES string of the molecule is Oc1cccc2cc3ccccc3cc12.[H-].[Na+]. The molecular weight excluding hydrogens is 207 g/mol. The molecule has 0 saturated carbocycles. The molecule has 1 N–H and O–H groups in total. The summed E-state index contributed by atoms with van der Waals surface area (Å²) >= 11 is 0. The third-order valence-corrected chi connectivity index (χ3v) is 2.72. The summed E-state index contributed by atoms with van der Waals surface area (Å²) < 4.78 is 0. The largest absolute Gasteiger partial charge is 1.00 e. The van der Waals surface area contributed by atoms with Crippen LogP contribution in [0.25, 0.3) is 21.5 Å². The Labute approximate surface area is 117 Å². The van der Waals surface area contributed by atoms with E-state index in [9.17, 15) is 5.11 Å². The molecule has 3 rings (SSSR count). The average molecular weight is 218 g/mol. The van der Waals surface area contributed by atoms with Gasteiger partial charge in [-0.15, -0.1) is 0 Å². The van der Waals surface area contributed by atoms with Gasteiger partial charge in [0.2, 0.25) is 0 Å². The van der Waals surface area contributed by atoms with Gasteiger partial charge in [0, 0.05) is 5.39 Å².